The van der Waals surface area contributed by atoms with Crippen LogP contribution in [0.5, 0.6) is 0 Å². The molecule has 1 nitrogen and oxygen atoms in total. The van der Waals surface area contributed by atoms with Crippen molar-refractivity contribution < 1.29 is 4.39 Å². The third kappa shape index (κ3) is 3.01. The summed E-state index contributed by atoms with van der Waals surface area (Å²) in [5, 5.41) is 3.95. The third-order valence-electron chi connectivity index (χ3n) is 3.77. The van der Waals surface area contributed by atoms with Gasteiger partial charge in [0, 0.05) is 15.8 Å². The van der Waals surface area contributed by atoms with Gasteiger partial charge in [0.05, 0.1) is 0 Å². The molecule has 0 bridgehead atoms. The molecule has 100 valence electrons. The predicted octanol–water partition coefficient (Wildman–Crippen LogP) is 3.90. The number of hydrogen-bond donors (Lipinski definition) is 1. The molecule has 0 radical (unpaired) electrons. The van der Waals surface area contributed by atoms with Crippen LogP contribution in [0.25, 0.3) is 0 Å². The maximum absolute atomic E-state index is 13.8. The molecule has 0 amide bonds. The van der Waals surface area contributed by atoms with E-state index in [0.29, 0.717) is 17.0 Å². The molecular formula is C14H19ClFNS. The summed E-state index contributed by atoms with van der Waals surface area (Å²) in [6.07, 6.45) is 3.12. The van der Waals surface area contributed by atoms with Crippen molar-refractivity contribution in [2.24, 2.45) is 0 Å². The lowest BCUT2D eigenvalue weighted by atomic mass is 9.91. The molecule has 2 unspecified atom stereocenters. The lowest BCUT2D eigenvalue weighted by molar-refractivity contribution is 0.418. The van der Waals surface area contributed by atoms with E-state index >= 15 is 0 Å². The van der Waals surface area contributed by atoms with E-state index < -0.39 is 0 Å². The summed E-state index contributed by atoms with van der Waals surface area (Å²) in [6.45, 7) is 2.27. The Balaban J connectivity index is 2.17. The maximum atomic E-state index is 13.8. The van der Waals surface area contributed by atoms with Crippen molar-refractivity contribution >= 4 is 23.4 Å². The van der Waals surface area contributed by atoms with Gasteiger partial charge in [-0.3, -0.25) is 0 Å². The molecule has 1 saturated heterocycles. The van der Waals surface area contributed by atoms with E-state index in [1.165, 1.54) is 24.7 Å². The Morgan fingerprint density at radius 1 is 1.56 bits per heavy atom. The number of hydrogen-bond acceptors (Lipinski definition) is 2. The van der Waals surface area contributed by atoms with Crippen LogP contribution in [0.4, 0.5) is 4.39 Å². The summed E-state index contributed by atoms with van der Waals surface area (Å²) >= 11 is 7.93. The highest BCUT2D eigenvalue weighted by molar-refractivity contribution is 8.00. The Kier molecular flexibility index (Phi) is 4.57. The van der Waals surface area contributed by atoms with Crippen LogP contribution in [-0.2, 0) is 6.42 Å². The van der Waals surface area contributed by atoms with Crippen molar-refractivity contribution in [1.29, 1.82) is 0 Å². The predicted molar refractivity (Wildman–Crippen MR) is 78.1 cm³/mol. The van der Waals surface area contributed by atoms with E-state index in [4.69, 9.17) is 11.6 Å². The average molecular weight is 288 g/mol. The van der Waals surface area contributed by atoms with E-state index in [-0.39, 0.29) is 16.6 Å². The fourth-order valence-corrected chi connectivity index (χ4v) is 4.26. The lowest BCUT2D eigenvalue weighted by Crippen LogP contribution is -2.45. The molecular weight excluding hydrogens is 269 g/mol. The summed E-state index contributed by atoms with van der Waals surface area (Å²) in [7, 11) is 1.96. The van der Waals surface area contributed by atoms with E-state index in [1.807, 2.05) is 18.8 Å². The van der Waals surface area contributed by atoms with Gasteiger partial charge in [-0.15, -0.1) is 0 Å². The Hall–Kier alpha value is -0.250. The smallest absolute Gasteiger partial charge is 0.126 e. The quantitative estimate of drug-likeness (QED) is 0.901. The number of thioether (sulfide) groups is 1. The molecule has 4 heteroatoms. The zero-order chi connectivity index (χ0) is 13.2. The van der Waals surface area contributed by atoms with Crippen molar-refractivity contribution in [3.05, 3.63) is 34.6 Å². The van der Waals surface area contributed by atoms with Crippen LogP contribution in [0, 0.1) is 5.82 Å². The topological polar surface area (TPSA) is 12.0 Å². The van der Waals surface area contributed by atoms with E-state index in [9.17, 15) is 4.39 Å². The molecule has 1 aliphatic heterocycles. The van der Waals surface area contributed by atoms with Gasteiger partial charge in [0.1, 0.15) is 5.82 Å². The maximum Gasteiger partial charge on any atom is 0.126 e. The van der Waals surface area contributed by atoms with Gasteiger partial charge in [0.25, 0.3) is 0 Å². The van der Waals surface area contributed by atoms with Gasteiger partial charge >= 0.3 is 0 Å². The fourth-order valence-electron chi connectivity index (χ4n) is 2.62. The molecule has 1 aromatic carbocycles. The zero-order valence-corrected chi connectivity index (χ0v) is 12.4. The average Bonchev–Trinajstić information content (AvgIpc) is 2.78. The number of nitrogens with one attached hydrogen (secondary N) is 1. The second-order valence-corrected chi connectivity index (χ2v) is 7.11. The Morgan fingerprint density at radius 3 is 2.94 bits per heavy atom. The number of benzene rings is 1. The summed E-state index contributed by atoms with van der Waals surface area (Å²) < 4.78 is 14.0. The SMILES string of the molecule is CNC(Cc1cc(Cl)ccc1F)C1(C)CCCS1. The van der Waals surface area contributed by atoms with Crippen molar-refractivity contribution in [3.8, 4) is 0 Å². The largest absolute Gasteiger partial charge is 0.315 e. The van der Waals surface area contributed by atoms with E-state index in [0.717, 1.165) is 0 Å². The first kappa shape index (κ1) is 14.2. The normalized spacial score (nSPS) is 25.3. The first-order valence-corrected chi connectivity index (χ1v) is 7.67. The Morgan fingerprint density at radius 2 is 2.33 bits per heavy atom. The fraction of sp³-hybridized carbons (Fsp3) is 0.571. The van der Waals surface area contributed by atoms with Crippen LogP contribution in [0.2, 0.25) is 5.02 Å². The Bertz CT molecular complexity index is 418. The monoisotopic (exact) mass is 287 g/mol. The van der Waals surface area contributed by atoms with Crippen LogP contribution >= 0.6 is 23.4 Å². The van der Waals surface area contributed by atoms with Gasteiger partial charge in [-0.25, -0.2) is 4.39 Å². The van der Waals surface area contributed by atoms with Gasteiger partial charge in [0.2, 0.25) is 0 Å². The molecule has 1 heterocycles. The molecule has 0 spiro atoms. The summed E-state index contributed by atoms with van der Waals surface area (Å²) in [6, 6.07) is 5.07. The molecule has 2 atom stereocenters. The highest BCUT2D eigenvalue weighted by atomic mass is 35.5. The minimum absolute atomic E-state index is 0.161. The van der Waals surface area contributed by atoms with E-state index in [2.05, 4.69) is 12.2 Å². The van der Waals surface area contributed by atoms with Gasteiger partial charge in [0.15, 0.2) is 0 Å². The van der Waals surface area contributed by atoms with Crippen LogP contribution < -0.4 is 5.32 Å². The zero-order valence-electron chi connectivity index (χ0n) is 10.8. The van der Waals surface area contributed by atoms with Crippen molar-refractivity contribution in [2.75, 3.05) is 12.8 Å². The first-order valence-electron chi connectivity index (χ1n) is 6.30. The van der Waals surface area contributed by atoms with Crippen molar-refractivity contribution in [1.82, 2.24) is 5.32 Å². The van der Waals surface area contributed by atoms with Crippen molar-refractivity contribution in [3.63, 3.8) is 0 Å². The first-order chi connectivity index (χ1) is 8.55. The van der Waals surface area contributed by atoms with Crippen LogP contribution in [-0.4, -0.2) is 23.6 Å². The molecule has 1 aliphatic rings. The summed E-state index contributed by atoms with van der Waals surface area (Å²) in [5.74, 6) is 1.04. The highest BCUT2D eigenvalue weighted by Gasteiger charge is 2.37. The third-order valence-corrected chi connectivity index (χ3v) is 5.64. The van der Waals surface area contributed by atoms with Gasteiger partial charge in [-0.1, -0.05) is 11.6 Å². The molecule has 18 heavy (non-hydrogen) atoms. The van der Waals surface area contributed by atoms with Crippen LogP contribution in [0.3, 0.4) is 0 Å². The van der Waals surface area contributed by atoms with Gasteiger partial charge < -0.3 is 5.32 Å². The van der Waals surface area contributed by atoms with Crippen LogP contribution in [0.1, 0.15) is 25.3 Å². The number of rotatable bonds is 4. The highest BCUT2D eigenvalue weighted by Crippen LogP contribution is 2.41. The molecule has 0 aliphatic carbocycles. The van der Waals surface area contributed by atoms with Gasteiger partial charge in [-0.05, 0) is 62.7 Å². The minimum atomic E-state index is -0.161. The molecule has 1 aromatic rings. The lowest BCUT2D eigenvalue weighted by Gasteiger charge is -2.33. The molecule has 1 N–H and O–H groups in total. The van der Waals surface area contributed by atoms with Gasteiger partial charge in [-0.2, -0.15) is 11.8 Å². The summed E-state index contributed by atoms with van der Waals surface area (Å²) in [5.41, 5.74) is 0.704. The number of likely N-dealkylation sites (N-methyl/N-ethyl adjacent to an activating group) is 1. The van der Waals surface area contributed by atoms with E-state index in [1.54, 1.807) is 12.1 Å². The minimum Gasteiger partial charge on any atom is -0.315 e. The molecule has 1 fully saturated rings. The molecule has 2 rings (SSSR count). The molecule has 0 saturated carbocycles. The number of halogens is 2. The second kappa shape index (κ2) is 5.81. The standard InChI is InChI=1S/C14H19ClFNS/c1-14(6-3-7-18-14)13(17-2)9-10-8-11(15)4-5-12(10)16/h4-5,8,13,17H,3,6-7,9H2,1-2H3. The van der Waals surface area contributed by atoms with Crippen molar-refractivity contribution in [2.45, 2.75) is 37.0 Å². The Labute approximate surface area is 117 Å². The second-order valence-electron chi connectivity index (χ2n) is 5.05. The van der Waals surface area contributed by atoms with Crippen LogP contribution in [0.15, 0.2) is 18.2 Å². The summed E-state index contributed by atoms with van der Waals surface area (Å²) in [4.78, 5) is 0. The molecule has 0 aromatic heterocycles.